The second-order valence-electron chi connectivity index (χ2n) is 7.79. The van der Waals surface area contributed by atoms with E-state index in [2.05, 4.69) is 47.1 Å². The van der Waals surface area contributed by atoms with Crippen LogP contribution in [0.4, 0.5) is 0 Å². The molecule has 4 nitrogen and oxygen atoms in total. The molecule has 2 fully saturated rings. The van der Waals surface area contributed by atoms with Gasteiger partial charge in [-0.25, -0.2) is 0 Å². The first-order valence-corrected chi connectivity index (χ1v) is 9.89. The maximum Gasteiger partial charge on any atom is 0.219 e. The molecule has 1 aromatic rings. The van der Waals surface area contributed by atoms with Crippen LogP contribution in [-0.2, 0) is 11.2 Å². The highest BCUT2D eigenvalue weighted by molar-refractivity contribution is 5.73. The Kier molecular flexibility index (Phi) is 6.49. The maximum atomic E-state index is 11.6. The third-order valence-corrected chi connectivity index (χ3v) is 5.88. The van der Waals surface area contributed by atoms with Crippen molar-refractivity contribution in [1.82, 2.24) is 14.7 Å². The molecule has 0 saturated carbocycles. The first-order valence-electron chi connectivity index (χ1n) is 9.89. The molecule has 0 spiro atoms. The van der Waals surface area contributed by atoms with Gasteiger partial charge in [0, 0.05) is 52.2 Å². The smallest absolute Gasteiger partial charge is 0.219 e. The topological polar surface area (TPSA) is 26.8 Å². The van der Waals surface area contributed by atoms with E-state index < -0.39 is 0 Å². The summed E-state index contributed by atoms with van der Waals surface area (Å²) in [5.74, 6) is 0.949. The number of hydrogen-bond acceptors (Lipinski definition) is 3. The largest absolute Gasteiger partial charge is 0.342 e. The molecule has 0 N–H and O–H groups in total. The zero-order chi connectivity index (χ0) is 17.6. The Labute approximate surface area is 152 Å². The number of benzene rings is 1. The van der Waals surface area contributed by atoms with Crippen molar-refractivity contribution < 1.29 is 4.79 Å². The lowest BCUT2D eigenvalue weighted by Crippen LogP contribution is -2.43. The number of nitrogens with zero attached hydrogens (tertiary/aromatic N) is 3. The lowest BCUT2D eigenvalue weighted by Gasteiger charge is -2.30. The molecule has 2 atom stereocenters. The van der Waals surface area contributed by atoms with E-state index >= 15 is 0 Å². The summed E-state index contributed by atoms with van der Waals surface area (Å²) < 4.78 is 0. The highest BCUT2D eigenvalue weighted by Gasteiger charge is 2.34. The second-order valence-corrected chi connectivity index (χ2v) is 7.79. The van der Waals surface area contributed by atoms with Crippen LogP contribution in [0.15, 0.2) is 30.3 Å². The van der Waals surface area contributed by atoms with Crippen LogP contribution < -0.4 is 0 Å². The molecular weight excluding hydrogens is 310 g/mol. The molecule has 0 aliphatic carbocycles. The van der Waals surface area contributed by atoms with Crippen molar-refractivity contribution in [2.75, 3.05) is 45.8 Å². The number of amides is 1. The molecule has 2 heterocycles. The number of carbonyl (C=O) groups excluding carboxylic acids is 1. The Bertz CT molecular complexity index is 547. The van der Waals surface area contributed by atoms with Crippen molar-refractivity contribution >= 4 is 5.91 Å². The molecule has 138 valence electrons. The summed E-state index contributed by atoms with van der Waals surface area (Å²) in [5, 5.41) is 0. The van der Waals surface area contributed by atoms with Crippen LogP contribution in [0.5, 0.6) is 0 Å². The van der Waals surface area contributed by atoms with Gasteiger partial charge in [0.1, 0.15) is 0 Å². The van der Waals surface area contributed by atoms with E-state index in [1.165, 1.54) is 38.0 Å². The van der Waals surface area contributed by atoms with Crippen LogP contribution in [0, 0.1) is 5.92 Å². The molecule has 2 aliphatic rings. The summed E-state index contributed by atoms with van der Waals surface area (Å²) in [5.41, 5.74) is 1.45. The third kappa shape index (κ3) is 5.05. The van der Waals surface area contributed by atoms with E-state index in [4.69, 9.17) is 0 Å². The minimum Gasteiger partial charge on any atom is -0.342 e. The molecule has 0 radical (unpaired) electrons. The minimum atomic E-state index is 0.226. The van der Waals surface area contributed by atoms with E-state index in [-0.39, 0.29) is 5.91 Å². The summed E-state index contributed by atoms with van der Waals surface area (Å²) in [6.45, 7) is 11.7. The second kappa shape index (κ2) is 8.81. The molecule has 3 rings (SSSR count). The lowest BCUT2D eigenvalue weighted by molar-refractivity contribution is -0.128. The van der Waals surface area contributed by atoms with Crippen LogP contribution in [0.1, 0.15) is 32.3 Å². The Hall–Kier alpha value is -1.39. The maximum absolute atomic E-state index is 11.6. The Morgan fingerprint density at radius 2 is 1.88 bits per heavy atom. The zero-order valence-corrected chi connectivity index (χ0v) is 15.9. The summed E-state index contributed by atoms with van der Waals surface area (Å²) in [4.78, 5) is 18.9. The highest BCUT2D eigenvalue weighted by atomic mass is 16.2. The Morgan fingerprint density at radius 1 is 1.08 bits per heavy atom. The zero-order valence-electron chi connectivity index (χ0n) is 15.9. The summed E-state index contributed by atoms with van der Waals surface area (Å²) in [6.07, 6.45) is 3.52. The monoisotopic (exact) mass is 343 g/mol. The predicted molar refractivity (Wildman–Crippen MR) is 103 cm³/mol. The van der Waals surface area contributed by atoms with Crippen molar-refractivity contribution in [2.24, 2.45) is 5.92 Å². The number of carbonyl (C=O) groups is 1. The van der Waals surface area contributed by atoms with Crippen molar-refractivity contribution in [3.63, 3.8) is 0 Å². The Morgan fingerprint density at radius 3 is 2.64 bits per heavy atom. The van der Waals surface area contributed by atoms with Gasteiger partial charge >= 0.3 is 0 Å². The third-order valence-electron chi connectivity index (χ3n) is 5.88. The fourth-order valence-corrected chi connectivity index (χ4v) is 4.44. The summed E-state index contributed by atoms with van der Waals surface area (Å²) >= 11 is 0. The molecule has 4 heteroatoms. The van der Waals surface area contributed by atoms with Gasteiger partial charge in [0.2, 0.25) is 5.91 Å². The average molecular weight is 344 g/mol. The van der Waals surface area contributed by atoms with Crippen LogP contribution in [0.3, 0.4) is 0 Å². The molecule has 1 amide bonds. The molecule has 2 saturated heterocycles. The normalized spacial score (nSPS) is 25.9. The predicted octanol–water partition coefficient (Wildman–Crippen LogP) is 2.49. The van der Waals surface area contributed by atoms with Crippen LogP contribution >= 0.6 is 0 Å². The van der Waals surface area contributed by atoms with Gasteiger partial charge in [0.15, 0.2) is 0 Å². The molecule has 25 heavy (non-hydrogen) atoms. The standard InChI is InChI=1S/C21H33N3O/c1-18-16-22(11-6-10-20-8-4-3-5-9-20)17-21(18)24-13-7-12-23(14-15-24)19(2)25/h3-5,8-9,18,21H,6-7,10-17H2,1-2H3. The van der Waals surface area contributed by atoms with Gasteiger partial charge in [0.25, 0.3) is 0 Å². The summed E-state index contributed by atoms with van der Waals surface area (Å²) in [6, 6.07) is 11.5. The number of rotatable bonds is 5. The van der Waals surface area contributed by atoms with Gasteiger partial charge in [-0.05, 0) is 37.3 Å². The van der Waals surface area contributed by atoms with E-state index in [1.807, 2.05) is 4.90 Å². The van der Waals surface area contributed by atoms with E-state index in [0.29, 0.717) is 6.04 Å². The molecule has 2 unspecified atom stereocenters. The Balaban J connectivity index is 1.45. The number of hydrogen-bond donors (Lipinski definition) is 0. The van der Waals surface area contributed by atoms with Gasteiger partial charge in [0.05, 0.1) is 0 Å². The number of likely N-dealkylation sites (tertiary alicyclic amines) is 1. The van der Waals surface area contributed by atoms with E-state index in [0.717, 1.165) is 38.5 Å². The van der Waals surface area contributed by atoms with Crippen LogP contribution in [-0.4, -0.2) is 72.5 Å². The van der Waals surface area contributed by atoms with Gasteiger partial charge < -0.3 is 9.80 Å². The highest BCUT2D eigenvalue weighted by Crippen LogP contribution is 2.23. The minimum absolute atomic E-state index is 0.226. The van der Waals surface area contributed by atoms with Gasteiger partial charge in [-0.1, -0.05) is 37.3 Å². The molecular formula is C21H33N3O. The van der Waals surface area contributed by atoms with Crippen molar-refractivity contribution in [2.45, 2.75) is 39.2 Å². The molecule has 0 bridgehead atoms. The van der Waals surface area contributed by atoms with E-state index in [1.54, 1.807) is 6.92 Å². The van der Waals surface area contributed by atoms with Crippen LogP contribution in [0.2, 0.25) is 0 Å². The van der Waals surface area contributed by atoms with Gasteiger partial charge in [-0.2, -0.15) is 0 Å². The molecule has 2 aliphatic heterocycles. The fourth-order valence-electron chi connectivity index (χ4n) is 4.44. The number of aryl methyl sites for hydroxylation is 1. The van der Waals surface area contributed by atoms with Crippen molar-refractivity contribution in [3.8, 4) is 0 Å². The van der Waals surface area contributed by atoms with Crippen molar-refractivity contribution in [3.05, 3.63) is 35.9 Å². The molecule has 0 aromatic heterocycles. The average Bonchev–Trinajstić information content (AvgIpc) is 2.82. The molecule has 1 aromatic carbocycles. The fraction of sp³-hybridized carbons (Fsp3) is 0.667. The van der Waals surface area contributed by atoms with Crippen LogP contribution in [0.25, 0.3) is 0 Å². The van der Waals surface area contributed by atoms with E-state index in [9.17, 15) is 4.79 Å². The van der Waals surface area contributed by atoms with Gasteiger partial charge in [-0.3, -0.25) is 9.69 Å². The quantitative estimate of drug-likeness (QED) is 0.822. The first kappa shape index (κ1) is 18.4. The van der Waals surface area contributed by atoms with Crippen molar-refractivity contribution in [1.29, 1.82) is 0 Å². The first-order chi connectivity index (χ1) is 12.1. The SMILES string of the molecule is CC(=O)N1CCCN(C2CN(CCCc3ccccc3)CC2C)CC1. The van der Waals surface area contributed by atoms with Gasteiger partial charge in [-0.15, -0.1) is 0 Å². The lowest BCUT2D eigenvalue weighted by atomic mass is 10.0. The summed E-state index contributed by atoms with van der Waals surface area (Å²) in [7, 11) is 0.